The normalized spacial score (nSPS) is 17.8. The number of rotatable bonds is 7. The van der Waals surface area contributed by atoms with E-state index in [-0.39, 0.29) is 25.2 Å². The number of aliphatic hydroxyl groups is 1. The first-order valence-electron chi connectivity index (χ1n) is 9.15. The van der Waals surface area contributed by atoms with E-state index in [1.165, 1.54) is 0 Å². The van der Waals surface area contributed by atoms with Gasteiger partial charge in [0.25, 0.3) is 0 Å². The van der Waals surface area contributed by atoms with Crippen LogP contribution in [0.3, 0.4) is 0 Å². The second-order valence-corrected chi connectivity index (χ2v) is 6.51. The Hall–Kier alpha value is -2.57. The Bertz CT molecular complexity index is 763. The Morgan fingerprint density at radius 3 is 2.56 bits per heavy atom. The van der Waals surface area contributed by atoms with Gasteiger partial charge in [-0.2, -0.15) is 0 Å². The van der Waals surface area contributed by atoms with Crippen LogP contribution in [0.4, 0.5) is 5.69 Å². The second kappa shape index (κ2) is 8.88. The number of nitrogens with zero attached hydrogens (tertiary/aromatic N) is 2. The predicted octanol–water partition coefficient (Wildman–Crippen LogP) is 2.30. The maximum Gasteiger partial charge on any atom is 0.244 e. The van der Waals surface area contributed by atoms with Gasteiger partial charge in [0, 0.05) is 30.9 Å². The Morgan fingerprint density at radius 2 is 1.85 bits per heavy atom. The van der Waals surface area contributed by atoms with Gasteiger partial charge >= 0.3 is 0 Å². The largest absolute Gasteiger partial charge is 0.497 e. The van der Waals surface area contributed by atoms with Crippen molar-refractivity contribution in [2.75, 3.05) is 38.3 Å². The van der Waals surface area contributed by atoms with E-state index in [9.17, 15) is 4.79 Å². The Labute approximate surface area is 159 Å². The fourth-order valence-corrected chi connectivity index (χ4v) is 3.30. The lowest BCUT2D eigenvalue weighted by Crippen LogP contribution is -2.55. The highest BCUT2D eigenvalue weighted by molar-refractivity contribution is 5.97. The number of amides is 1. The average Bonchev–Trinajstić information content (AvgIpc) is 2.71. The number of para-hydroxylation sites is 1. The minimum atomic E-state index is -0.230. The maximum atomic E-state index is 12.9. The van der Waals surface area contributed by atoms with Gasteiger partial charge < -0.3 is 19.5 Å². The molecular weight excluding hydrogens is 344 g/mol. The van der Waals surface area contributed by atoms with Crippen molar-refractivity contribution in [1.82, 2.24) is 4.90 Å². The van der Waals surface area contributed by atoms with Crippen molar-refractivity contribution in [2.45, 2.75) is 19.5 Å². The van der Waals surface area contributed by atoms with Gasteiger partial charge in [-0.05, 0) is 37.3 Å². The molecule has 0 aromatic heterocycles. The molecule has 144 valence electrons. The van der Waals surface area contributed by atoms with E-state index in [1.54, 1.807) is 7.11 Å². The summed E-state index contributed by atoms with van der Waals surface area (Å²) in [4.78, 5) is 16.9. The topological polar surface area (TPSA) is 62.2 Å². The monoisotopic (exact) mass is 370 g/mol. The zero-order valence-corrected chi connectivity index (χ0v) is 15.8. The van der Waals surface area contributed by atoms with Crippen molar-refractivity contribution in [1.29, 1.82) is 0 Å². The molecule has 3 rings (SSSR count). The van der Waals surface area contributed by atoms with Gasteiger partial charge in [-0.25, -0.2) is 0 Å². The molecular formula is C21H26N2O4. The van der Waals surface area contributed by atoms with Crippen molar-refractivity contribution in [2.24, 2.45) is 0 Å². The molecule has 1 amide bonds. The van der Waals surface area contributed by atoms with Crippen molar-refractivity contribution in [3.8, 4) is 11.5 Å². The number of hydrogen-bond acceptors (Lipinski definition) is 5. The van der Waals surface area contributed by atoms with Gasteiger partial charge in [0.1, 0.15) is 18.1 Å². The highest BCUT2D eigenvalue weighted by atomic mass is 16.5. The zero-order chi connectivity index (χ0) is 19.2. The smallest absolute Gasteiger partial charge is 0.244 e. The summed E-state index contributed by atoms with van der Waals surface area (Å²) in [5, 5.41) is 8.99. The molecule has 1 atom stereocenters. The van der Waals surface area contributed by atoms with Crippen LogP contribution < -0.4 is 14.4 Å². The number of methoxy groups -OCH3 is 1. The molecule has 1 aliphatic rings. The van der Waals surface area contributed by atoms with Crippen molar-refractivity contribution < 1.29 is 19.4 Å². The summed E-state index contributed by atoms with van der Waals surface area (Å²) in [7, 11) is 1.63. The van der Waals surface area contributed by atoms with Crippen LogP contribution in [0.25, 0.3) is 0 Å². The van der Waals surface area contributed by atoms with E-state index in [0.717, 1.165) is 29.3 Å². The first-order valence-corrected chi connectivity index (χ1v) is 9.15. The van der Waals surface area contributed by atoms with Crippen molar-refractivity contribution in [3.63, 3.8) is 0 Å². The second-order valence-electron chi connectivity index (χ2n) is 6.51. The summed E-state index contributed by atoms with van der Waals surface area (Å²) in [6, 6.07) is 15.1. The molecule has 1 N–H and O–H groups in total. The lowest BCUT2D eigenvalue weighted by molar-refractivity contribution is -0.125. The predicted molar refractivity (Wildman–Crippen MR) is 104 cm³/mol. The summed E-state index contributed by atoms with van der Waals surface area (Å²) < 4.78 is 10.8. The third-order valence-corrected chi connectivity index (χ3v) is 4.86. The van der Waals surface area contributed by atoms with E-state index in [2.05, 4.69) is 4.90 Å². The van der Waals surface area contributed by atoms with Crippen LogP contribution in [0.5, 0.6) is 11.5 Å². The lowest BCUT2D eigenvalue weighted by Gasteiger charge is -2.39. The Balaban J connectivity index is 1.69. The fraction of sp³-hybridized carbons (Fsp3) is 0.381. The van der Waals surface area contributed by atoms with Gasteiger partial charge in [0.2, 0.25) is 5.91 Å². The molecule has 6 nitrogen and oxygen atoms in total. The molecule has 1 heterocycles. The van der Waals surface area contributed by atoms with Crippen LogP contribution in [-0.2, 0) is 11.3 Å². The number of carbonyl (C=O) groups is 1. The molecule has 1 aliphatic heterocycles. The van der Waals surface area contributed by atoms with E-state index in [0.29, 0.717) is 13.1 Å². The van der Waals surface area contributed by atoms with E-state index >= 15 is 0 Å². The van der Waals surface area contributed by atoms with E-state index in [1.807, 2.05) is 60.4 Å². The molecule has 27 heavy (non-hydrogen) atoms. The molecule has 1 fully saturated rings. The number of anilines is 1. The first-order chi connectivity index (χ1) is 13.1. The Kier molecular flexibility index (Phi) is 6.32. The maximum absolute atomic E-state index is 12.9. The zero-order valence-electron chi connectivity index (χ0n) is 15.8. The molecule has 0 saturated carbocycles. The number of hydrogen-bond donors (Lipinski definition) is 1. The molecule has 0 radical (unpaired) electrons. The third-order valence-electron chi connectivity index (χ3n) is 4.86. The highest BCUT2D eigenvalue weighted by Gasteiger charge is 2.32. The molecule has 0 aliphatic carbocycles. The fourth-order valence-electron chi connectivity index (χ4n) is 3.30. The van der Waals surface area contributed by atoms with Crippen LogP contribution in [-0.4, -0.2) is 55.4 Å². The van der Waals surface area contributed by atoms with Crippen LogP contribution in [0.2, 0.25) is 0 Å². The van der Waals surface area contributed by atoms with Crippen molar-refractivity contribution in [3.05, 3.63) is 54.1 Å². The van der Waals surface area contributed by atoms with Crippen LogP contribution in [0, 0.1) is 0 Å². The summed E-state index contributed by atoms with van der Waals surface area (Å²) >= 11 is 0. The van der Waals surface area contributed by atoms with Gasteiger partial charge in [0.15, 0.2) is 0 Å². The van der Waals surface area contributed by atoms with Crippen LogP contribution in [0.15, 0.2) is 48.5 Å². The van der Waals surface area contributed by atoms with Gasteiger partial charge in [-0.15, -0.1) is 0 Å². The van der Waals surface area contributed by atoms with E-state index in [4.69, 9.17) is 14.6 Å². The van der Waals surface area contributed by atoms with Crippen molar-refractivity contribution >= 4 is 11.6 Å². The number of piperazine rings is 1. The number of benzene rings is 2. The molecule has 0 spiro atoms. The summed E-state index contributed by atoms with van der Waals surface area (Å²) in [5.41, 5.74) is 1.91. The first kappa shape index (κ1) is 19.2. The summed E-state index contributed by atoms with van der Waals surface area (Å²) in [6.07, 6.45) is 0. The molecule has 0 unspecified atom stereocenters. The van der Waals surface area contributed by atoms with Crippen LogP contribution >= 0.6 is 0 Å². The Morgan fingerprint density at radius 1 is 1.11 bits per heavy atom. The molecule has 2 aromatic carbocycles. The lowest BCUT2D eigenvalue weighted by atomic mass is 10.1. The average molecular weight is 370 g/mol. The number of ether oxygens (including phenoxy) is 2. The van der Waals surface area contributed by atoms with Gasteiger partial charge in [-0.3, -0.25) is 9.69 Å². The summed E-state index contributed by atoms with van der Waals surface area (Å²) in [5.74, 6) is 1.61. The van der Waals surface area contributed by atoms with E-state index < -0.39 is 0 Å². The third kappa shape index (κ3) is 4.40. The van der Waals surface area contributed by atoms with Crippen LogP contribution in [0.1, 0.15) is 12.5 Å². The highest BCUT2D eigenvalue weighted by Crippen LogP contribution is 2.26. The molecule has 2 aromatic rings. The van der Waals surface area contributed by atoms with Gasteiger partial charge in [-0.1, -0.05) is 18.2 Å². The minimum absolute atomic E-state index is 0.0240. The quantitative estimate of drug-likeness (QED) is 0.810. The number of carbonyl (C=O) groups excluding carboxylic acids is 1. The standard InChI is InChI=1S/C21H26N2O4/c1-16-21(25)23(18-7-9-19(26-2)10-8-18)12-11-22(16)15-17-5-3-4-6-20(17)27-14-13-24/h3-10,16,24H,11-15H2,1-2H3/t16-/m1/s1. The molecule has 0 bridgehead atoms. The summed E-state index contributed by atoms with van der Waals surface area (Å²) in [6.45, 7) is 4.21. The molecule has 1 saturated heterocycles. The SMILES string of the molecule is COc1ccc(N2CCN(Cc3ccccc3OCCO)[C@H](C)C2=O)cc1. The minimum Gasteiger partial charge on any atom is -0.497 e. The number of aliphatic hydroxyl groups excluding tert-OH is 1. The molecule has 6 heteroatoms. The van der Waals surface area contributed by atoms with Gasteiger partial charge in [0.05, 0.1) is 19.8 Å².